The SMILES string of the molecule is CC(NC(N)=NCCC(=O)N1CCCCC1)c1ccc(Cl)cc1Cl.I. The van der Waals surface area contributed by atoms with Gasteiger partial charge in [-0.1, -0.05) is 29.3 Å². The molecule has 5 nitrogen and oxygen atoms in total. The number of benzene rings is 1. The summed E-state index contributed by atoms with van der Waals surface area (Å²) in [6, 6.07) is 5.23. The number of amides is 1. The number of hydrogen-bond donors (Lipinski definition) is 2. The highest BCUT2D eigenvalue weighted by Gasteiger charge is 2.16. The Labute approximate surface area is 176 Å². The third kappa shape index (κ3) is 7.19. The minimum Gasteiger partial charge on any atom is -0.370 e. The van der Waals surface area contributed by atoms with Crippen molar-refractivity contribution in [2.75, 3.05) is 19.6 Å². The number of guanidine groups is 1. The zero-order valence-electron chi connectivity index (χ0n) is 14.3. The molecule has 8 heteroatoms. The van der Waals surface area contributed by atoms with Gasteiger partial charge in [0.2, 0.25) is 5.91 Å². The molecule has 140 valence electrons. The van der Waals surface area contributed by atoms with Crippen molar-refractivity contribution in [1.82, 2.24) is 10.2 Å². The molecule has 3 N–H and O–H groups in total. The van der Waals surface area contributed by atoms with Crippen molar-refractivity contribution in [2.24, 2.45) is 10.7 Å². The molecule has 0 saturated carbocycles. The number of aliphatic imine (C=N–C) groups is 1. The van der Waals surface area contributed by atoms with E-state index in [-0.39, 0.29) is 35.9 Å². The zero-order valence-corrected chi connectivity index (χ0v) is 18.1. The van der Waals surface area contributed by atoms with E-state index in [0.717, 1.165) is 31.5 Å². The highest BCUT2D eigenvalue weighted by atomic mass is 127. The standard InChI is InChI=1S/C17H24Cl2N4O.HI/c1-12(14-6-5-13(18)11-15(14)19)22-17(20)21-8-7-16(24)23-9-3-2-4-10-23;/h5-6,11-12H,2-4,7-10H2,1H3,(H3,20,21,22);1H. The van der Waals surface area contributed by atoms with Crippen LogP contribution >= 0.6 is 47.2 Å². The summed E-state index contributed by atoms with van der Waals surface area (Å²) in [5.41, 5.74) is 6.79. The van der Waals surface area contributed by atoms with E-state index in [9.17, 15) is 4.79 Å². The first-order chi connectivity index (χ1) is 11.5. The van der Waals surface area contributed by atoms with Crippen LogP contribution in [-0.4, -0.2) is 36.4 Å². The number of rotatable bonds is 5. The van der Waals surface area contributed by atoms with Gasteiger partial charge >= 0.3 is 0 Å². The Morgan fingerprint density at radius 1 is 1.32 bits per heavy atom. The molecule has 25 heavy (non-hydrogen) atoms. The first-order valence-electron chi connectivity index (χ1n) is 8.26. The van der Waals surface area contributed by atoms with Gasteiger partial charge in [-0.05, 0) is 43.9 Å². The van der Waals surface area contributed by atoms with E-state index in [2.05, 4.69) is 10.3 Å². The molecule has 1 aliphatic rings. The number of piperidine rings is 1. The fourth-order valence-electron chi connectivity index (χ4n) is 2.77. The van der Waals surface area contributed by atoms with Crippen molar-refractivity contribution in [1.29, 1.82) is 0 Å². The maximum atomic E-state index is 12.1. The molecule has 0 bridgehead atoms. The lowest BCUT2D eigenvalue weighted by Crippen LogP contribution is -2.36. The Balaban J connectivity index is 0.00000312. The molecule has 1 atom stereocenters. The average Bonchev–Trinajstić information content (AvgIpc) is 2.55. The first kappa shape index (κ1) is 22.3. The number of nitrogens with one attached hydrogen (secondary N) is 1. The molecule has 0 spiro atoms. The number of carbonyl (C=O) groups excluding carboxylic acids is 1. The molecule has 1 fully saturated rings. The molecular weight excluding hydrogens is 474 g/mol. The third-order valence-corrected chi connectivity index (χ3v) is 4.67. The van der Waals surface area contributed by atoms with Crippen molar-refractivity contribution in [3.63, 3.8) is 0 Å². The third-order valence-electron chi connectivity index (χ3n) is 4.11. The van der Waals surface area contributed by atoms with Gasteiger partial charge in [-0.15, -0.1) is 24.0 Å². The summed E-state index contributed by atoms with van der Waals surface area (Å²) in [5, 5.41) is 4.26. The number of carbonyl (C=O) groups is 1. The molecule has 1 aromatic rings. The van der Waals surface area contributed by atoms with Crippen molar-refractivity contribution in [3.8, 4) is 0 Å². The Morgan fingerprint density at radius 2 is 2.00 bits per heavy atom. The first-order valence-corrected chi connectivity index (χ1v) is 9.02. The minimum atomic E-state index is -0.101. The average molecular weight is 499 g/mol. The second-order valence-electron chi connectivity index (χ2n) is 5.99. The van der Waals surface area contributed by atoms with Crippen molar-refractivity contribution >= 4 is 59.0 Å². The van der Waals surface area contributed by atoms with Gasteiger partial charge in [-0.25, -0.2) is 0 Å². The van der Waals surface area contributed by atoms with E-state index >= 15 is 0 Å². The number of halogens is 3. The van der Waals surface area contributed by atoms with E-state index < -0.39 is 0 Å². The van der Waals surface area contributed by atoms with E-state index in [1.807, 2.05) is 17.9 Å². The second-order valence-corrected chi connectivity index (χ2v) is 6.83. The topological polar surface area (TPSA) is 70.7 Å². The van der Waals surface area contributed by atoms with Gasteiger partial charge in [-0.3, -0.25) is 9.79 Å². The van der Waals surface area contributed by atoms with Crippen LogP contribution in [0.25, 0.3) is 0 Å². The van der Waals surface area contributed by atoms with Crippen LogP contribution in [0.3, 0.4) is 0 Å². The fraction of sp³-hybridized carbons (Fsp3) is 0.529. The fourth-order valence-corrected chi connectivity index (χ4v) is 3.34. The van der Waals surface area contributed by atoms with Gasteiger partial charge in [0.05, 0.1) is 12.6 Å². The van der Waals surface area contributed by atoms with Gasteiger partial charge < -0.3 is 16.0 Å². The van der Waals surface area contributed by atoms with E-state index in [1.54, 1.807) is 12.1 Å². The van der Waals surface area contributed by atoms with Gasteiger partial charge in [-0.2, -0.15) is 0 Å². The van der Waals surface area contributed by atoms with Crippen LogP contribution in [0.1, 0.15) is 44.2 Å². The van der Waals surface area contributed by atoms with E-state index in [4.69, 9.17) is 28.9 Å². The largest absolute Gasteiger partial charge is 0.370 e. The summed E-state index contributed by atoms with van der Waals surface area (Å²) in [6.07, 6.45) is 3.79. The van der Waals surface area contributed by atoms with Crippen LogP contribution in [0.2, 0.25) is 10.0 Å². The minimum absolute atomic E-state index is 0. The Hall–Kier alpha value is -0.730. The summed E-state index contributed by atoms with van der Waals surface area (Å²) in [4.78, 5) is 18.2. The highest BCUT2D eigenvalue weighted by Crippen LogP contribution is 2.25. The summed E-state index contributed by atoms with van der Waals surface area (Å²) < 4.78 is 0. The maximum Gasteiger partial charge on any atom is 0.224 e. The normalized spacial score (nSPS) is 16.1. The predicted molar refractivity (Wildman–Crippen MR) is 115 cm³/mol. The molecule has 1 aliphatic heterocycles. The molecule has 1 saturated heterocycles. The smallest absolute Gasteiger partial charge is 0.224 e. The summed E-state index contributed by atoms with van der Waals surface area (Å²) in [7, 11) is 0. The van der Waals surface area contributed by atoms with Gasteiger partial charge in [0.1, 0.15) is 0 Å². The number of likely N-dealkylation sites (tertiary alicyclic amines) is 1. The van der Waals surface area contributed by atoms with Crippen molar-refractivity contribution in [2.45, 2.75) is 38.6 Å². The van der Waals surface area contributed by atoms with Crippen LogP contribution in [-0.2, 0) is 4.79 Å². The molecule has 0 radical (unpaired) electrons. The van der Waals surface area contributed by atoms with Crippen molar-refractivity contribution in [3.05, 3.63) is 33.8 Å². The summed E-state index contributed by atoms with van der Waals surface area (Å²) in [6.45, 7) is 4.05. The molecular formula is C17H25Cl2IN4O. The molecule has 0 aromatic heterocycles. The second kappa shape index (κ2) is 11.1. The van der Waals surface area contributed by atoms with Gasteiger partial charge in [0, 0.05) is 29.6 Å². The zero-order chi connectivity index (χ0) is 17.5. The predicted octanol–water partition coefficient (Wildman–Crippen LogP) is 3.98. The highest BCUT2D eigenvalue weighted by molar-refractivity contribution is 14.0. The Morgan fingerprint density at radius 3 is 2.64 bits per heavy atom. The lowest BCUT2D eigenvalue weighted by atomic mass is 10.1. The lowest BCUT2D eigenvalue weighted by molar-refractivity contribution is -0.131. The molecule has 1 aromatic carbocycles. The van der Waals surface area contributed by atoms with E-state index in [1.165, 1.54) is 6.42 Å². The summed E-state index contributed by atoms with van der Waals surface area (Å²) in [5.74, 6) is 0.458. The van der Waals surface area contributed by atoms with Crippen LogP contribution in [0.4, 0.5) is 0 Å². The van der Waals surface area contributed by atoms with Gasteiger partial charge in [0.25, 0.3) is 0 Å². The summed E-state index contributed by atoms with van der Waals surface area (Å²) >= 11 is 12.1. The molecule has 1 unspecified atom stereocenters. The van der Waals surface area contributed by atoms with Crippen LogP contribution < -0.4 is 11.1 Å². The van der Waals surface area contributed by atoms with E-state index in [0.29, 0.717) is 29.0 Å². The van der Waals surface area contributed by atoms with Crippen LogP contribution in [0.5, 0.6) is 0 Å². The quantitative estimate of drug-likeness (QED) is 0.366. The molecule has 1 amide bonds. The molecule has 1 heterocycles. The number of nitrogens with zero attached hydrogens (tertiary/aromatic N) is 2. The molecule has 2 rings (SSSR count). The lowest BCUT2D eigenvalue weighted by Gasteiger charge is -2.26. The van der Waals surface area contributed by atoms with Crippen molar-refractivity contribution < 1.29 is 4.79 Å². The monoisotopic (exact) mass is 498 g/mol. The Bertz CT molecular complexity index is 606. The number of hydrogen-bond acceptors (Lipinski definition) is 2. The maximum absolute atomic E-state index is 12.1. The van der Waals surface area contributed by atoms with Gasteiger partial charge in [0.15, 0.2) is 5.96 Å². The van der Waals surface area contributed by atoms with Crippen LogP contribution in [0, 0.1) is 0 Å². The molecule has 0 aliphatic carbocycles. The number of nitrogens with two attached hydrogens (primary N) is 1. The Kier molecular flexibility index (Phi) is 9.89. The van der Waals surface area contributed by atoms with Crippen LogP contribution in [0.15, 0.2) is 23.2 Å².